The van der Waals surface area contributed by atoms with Crippen LogP contribution >= 0.6 is 0 Å². The van der Waals surface area contributed by atoms with Gasteiger partial charge in [-0.2, -0.15) is 0 Å². The first-order chi connectivity index (χ1) is 9.11. The molecule has 20 heavy (non-hydrogen) atoms. The Morgan fingerprint density at radius 3 is 2.50 bits per heavy atom. The number of aldehydes is 1. The van der Waals surface area contributed by atoms with E-state index in [0.29, 0.717) is 12.3 Å². The predicted octanol–water partition coefficient (Wildman–Crippen LogP) is 3.30. The van der Waals surface area contributed by atoms with E-state index in [0.717, 1.165) is 31.5 Å². The van der Waals surface area contributed by atoms with Crippen molar-refractivity contribution >= 4 is 12.4 Å². The van der Waals surface area contributed by atoms with Gasteiger partial charge in [0, 0.05) is 6.42 Å². The number of hydrogen-bond donors (Lipinski definition) is 1. The fourth-order valence-electron chi connectivity index (χ4n) is 4.15. The van der Waals surface area contributed by atoms with E-state index >= 15 is 0 Å². The summed E-state index contributed by atoms with van der Waals surface area (Å²) in [6.45, 7) is 10.1. The van der Waals surface area contributed by atoms with Gasteiger partial charge in [0.2, 0.25) is 0 Å². The van der Waals surface area contributed by atoms with Crippen LogP contribution in [0.15, 0.2) is 0 Å². The molecule has 3 atom stereocenters. The highest BCUT2D eigenvalue weighted by Gasteiger charge is 2.61. The van der Waals surface area contributed by atoms with Crippen LogP contribution in [0.1, 0.15) is 60.3 Å². The Morgan fingerprint density at radius 2 is 2.05 bits per heavy atom. The SMILES string of the molecule is CC(C)(C)OC(=O)N[C@]1(CC=O)CC[C@H]2C[C@H]1C2(C)C. The summed E-state index contributed by atoms with van der Waals surface area (Å²) >= 11 is 0. The molecule has 3 aliphatic carbocycles. The number of carbonyl (C=O) groups is 2. The van der Waals surface area contributed by atoms with Crippen LogP contribution in [0.3, 0.4) is 0 Å². The van der Waals surface area contributed by atoms with Gasteiger partial charge >= 0.3 is 6.09 Å². The molecule has 0 spiro atoms. The smallest absolute Gasteiger partial charge is 0.408 e. The van der Waals surface area contributed by atoms with Crippen molar-refractivity contribution in [3.8, 4) is 0 Å². The molecule has 1 amide bonds. The zero-order chi connectivity index (χ0) is 15.2. The van der Waals surface area contributed by atoms with Crippen molar-refractivity contribution in [2.75, 3.05) is 0 Å². The van der Waals surface area contributed by atoms with Crippen molar-refractivity contribution in [2.24, 2.45) is 17.3 Å². The Kier molecular flexibility index (Phi) is 3.64. The lowest BCUT2D eigenvalue weighted by molar-refractivity contribution is -0.137. The van der Waals surface area contributed by atoms with Gasteiger partial charge in [0.05, 0.1) is 5.54 Å². The van der Waals surface area contributed by atoms with Gasteiger partial charge < -0.3 is 14.8 Å². The molecule has 2 bridgehead atoms. The van der Waals surface area contributed by atoms with Gasteiger partial charge in [0.1, 0.15) is 11.9 Å². The summed E-state index contributed by atoms with van der Waals surface area (Å²) in [6.07, 6.45) is 3.98. The third-order valence-corrected chi connectivity index (χ3v) is 5.27. The molecule has 4 nitrogen and oxygen atoms in total. The summed E-state index contributed by atoms with van der Waals surface area (Å²) in [5, 5.41) is 3.04. The van der Waals surface area contributed by atoms with E-state index < -0.39 is 17.2 Å². The van der Waals surface area contributed by atoms with Crippen LogP contribution in [0, 0.1) is 17.3 Å². The Balaban J connectivity index is 2.14. The molecule has 0 aliphatic heterocycles. The summed E-state index contributed by atoms with van der Waals surface area (Å²) in [4.78, 5) is 23.3. The first-order valence-electron chi connectivity index (χ1n) is 7.55. The van der Waals surface area contributed by atoms with Crippen molar-refractivity contribution < 1.29 is 14.3 Å². The molecule has 3 fully saturated rings. The van der Waals surface area contributed by atoms with E-state index in [9.17, 15) is 9.59 Å². The highest BCUT2D eigenvalue weighted by atomic mass is 16.6. The molecule has 0 radical (unpaired) electrons. The van der Waals surface area contributed by atoms with Crippen LogP contribution in [0.25, 0.3) is 0 Å². The third kappa shape index (κ3) is 2.57. The topological polar surface area (TPSA) is 55.4 Å². The average molecular weight is 281 g/mol. The minimum absolute atomic E-state index is 0.205. The Bertz CT molecular complexity index is 408. The average Bonchev–Trinajstić information content (AvgIpc) is 2.25. The molecule has 0 unspecified atom stereocenters. The van der Waals surface area contributed by atoms with Crippen LogP contribution in [0.5, 0.6) is 0 Å². The Labute approximate surface area is 121 Å². The van der Waals surface area contributed by atoms with Gasteiger partial charge in [0.25, 0.3) is 0 Å². The number of nitrogens with one attached hydrogen (secondary N) is 1. The molecule has 0 aromatic heterocycles. The zero-order valence-electron chi connectivity index (χ0n) is 13.3. The monoisotopic (exact) mass is 281 g/mol. The van der Waals surface area contributed by atoms with Crippen molar-refractivity contribution in [1.29, 1.82) is 0 Å². The van der Waals surface area contributed by atoms with Gasteiger partial charge in [-0.1, -0.05) is 13.8 Å². The number of rotatable bonds is 3. The first kappa shape index (κ1) is 15.3. The van der Waals surface area contributed by atoms with Crippen LogP contribution in [0.4, 0.5) is 4.79 Å². The lowest BCUT2D eigenvalue weighted by Crippen LogP contribution is -2.68. The maximum absolute atomic E-state index is 12.1. The van der Waals surface area contributed by atoms with E-state index in [2.05, 4.69) is 19.2 Å². The Morgan fingerprint density at radius 1 is 1.40 bits per heavy atom. The second kappa shape index (κ2) is 4.74. The molecule has 3 aliphatic rings. The predicted molar refractivity (Wildman–Crippen MR) is 77.4 cm³/mol. The number of hydrogen-bond acceptors (Lipinski definition) is 3. The van der Waals surface area contributed by atoms with E-state index in [-0.39, 0.29) is 5.41 Å². The first-order valence-corrected chi connectivity index (χ1v) is 7.55. The molecule has 3 rings (SSSR count). The quantitative estimate of drug-likeness (QED) is 0.808. The highest BCUT2D eigenvalue weighted by molar-refractivity contribution is 5.70. The molecule has 3 saturated carbocycles. The lowest BCUT2D eigenvalue weighted by atomic mass is 9.42. The second-order valence-corrected chi connectivity index (χ2v) is 8.00. The normalized spacial score (nSPS) is 34.9. The fourth-order valence-corrected chi connectivity index (χ4v) is 4.15. The molecule has 0 aromatic rings. The summed E-state index contributed by atoms with van der Waals surface area (Å²) in [5.74, 6) is 1.10. The molecular weight excluding hydrogens is 254 g/mol. The van der Waals surface area contributed by atoms with E-state index in [1.807, 2.05) is 20.8 Å². The number of fused-ring (bicyclic) bond motifs is 2. The maximum atomic E-state index is 12.1. The Hall–Kier alpha value is -1.06. The third-order valence-electron chi connectivity index (χ3n) is 5.27. The summed E-state index contributed by atoms with van der Waals surface area (Å²) < 4.78 is 5.38. The summed E-state index contributed by atoms with van der Waals surface area (Å²) in [7, 11) is 0. The van der Waals surface area contributed by atoms with Crippen molar-refractivity contribution in [2.45, 2.75) is 71.4 Å². The van der Waals surface area contributed by atoms with E-state index in [1.165, 1.54) is 0 Å². The molecule has 0 aromatic carbocycles. The fraction of sp³-hybridized carbons (Fsp3) is 0.875. The van der Waals surface area contributed by atoms with Crippen molar-refractivity contribution in [3.05, 3.63) is 0 Å². The van der Waals surface area contributed by atoms with Gasteiger partial charge in [-0.05, 0) is 57.3 Å². The minimum Gasteiger partial charge on any atom is -0.444 e. The summed E-state index contributed by atoms with van der Waals surface area (Å²) in [6, 6.07) is 0. The largest absolute Gasteiger partial charge is 0.444 e. The van der Waals surface area contributed by atoms with Crippen LogP contribution in [0.2, 0.25) is 0 Å². The number of amides is 1. The summed E-state index contributed by atoms with van der Waals surface area (Å²) in [5.41, 5.74) is -0.725. The lowest BCUT2D eigenvalue weighted by Gasteiger charge is -2.64. The standard InChI is InChI=1S/C16H27NO3/c1-14(2,3)20-13(19)17-16(8-9-18)7-6-11-10-12(16)15(11,4)5/h9,11-12H,6-8,10H2,1-5H3,(H,17,19)/t11-,12-,16-/m0/s1. The van der Waals surface area contributed by atoms with Gasteiger partial charge in [-0.25, -0.2) is 4.79 Å². The molecule has 1 N–H and O–H groups in total. The van der Waals surface area contributed by atoms with Gasteiger partial charge in [-0.3, -0.25) is 0 Å². The number of ether oxygens (including phenoxy) is 1. The minimum atomic E-state index is -0.515. The van der Waals surface area contributed by atoms with E-state index in [1.54, 1.807) is 0 Å². The van der Waals surface area contributed by atoms with Crippen LogP contribution in [-0.4, -0.2) is 23.5 Å². The van der Waals surface area contributed by atoms with E-state index in [4.69, 9.17) is 4.74 Å². The molecule has 114 valence electrons. The second-order valence-electron chi connectivity index (χ2n) is 8.00. The molecule has 0 heterocycles. The maximum Gasteiger partial charge on any atom is 0.408 e. The van der Waals surface area contributed by atoms with Gasteiger partial charge in [0.15, 0.2) is 0 Å². The van der Waals surface area contributed by atoms with Crippen molar-refractivity contribution in [1.82, 2.24) is 5.32 Å². The van der Waals surface area contributed by atoms with Crippen molar-refractivity contribution in [3.63, 3.8) is 0 Å². The number of alkyl carbamates (subject to hydrolysis) is 1. The van der Waals surface area contributed by atoms with Crippen LogP contribution < -0.4 is 5.32 Å². The van der Waals surface area contributed by atoms with Crippen LogP contribution in [-0.2, 0) is 9.53 Å². The van der Waals surface area contributed by atoms with Gasteiger partial charge in [-0.15, -0.1) is 0 Å². The highest BCUT2D eigenvalue weighted by Crippen LogP contribution is 2.63. The molecular formula is C16H27NO3. The molecule has 0 saturated heterocycles. The molecule has 4 heteroatoms. The number of carbonyl (C=O) groups excluding carboxylic acids is 2. The zero-order valence-corrected chi connectivity index (χ0v) is 13.3.